The summed E-state index contributed by atoms with van der Waals surface area (Å²) in [7, 11) is 4.16. The number of hydrogen-bond acceptors (Lipinski definition) is 7. The highest BCUT2D eigenvalue weighted by molar-refractivity contribution is 5.99. The molecule has 3 aromatic rings. The van der Waals surface area contributed by atoms with E-state index in [0.717, 1.165) is 0 Å². The summed E-state index contributed by atoms with van der Waals surface area (Å²) in [5, 5.41) is 20.1. The summed E-state index contributed by atoms with van der Waals surface area (Å²) in [6, 6.07) is 4.23. The average Bonchev–Trinajstić information content (AvgIpc) is 2.54. The summed E-state index contributed by atoms with van der Waals surface area (Å²) in [5.74, 6) is -0.190. The minimum atomic E-state index is -0.601. The van der Waals surface area contributed by atoms with Crippen LogP contribution in [0.5, 0.6) is 28.7 Å². The van der Waals surface area contributed by atoms with Crippen LogP contribution in [-0.2, 0) is 0 Å². The second-order valence-electron chi connectivity index (χ2n) is 4.76. The molecular formula is C16H14O7. The minimum absolute atomic E-state index is 0.00837. The SMILES string of the molecule is COc1cc2oc3c(OC)ccc(O)c3c(=O)c2c(O)c1OC. The van der Waals surface area contributed by atoms with Gasteiger partial charge in [-0.15, -0.1) is 0 Å². The van der Waals surface area contributed by atoms with Crippen LogP contribution in [0.3, 0.4) is 0 Å². The number of aromatic hydroxyl groups is 2. The fourth-order valence-electron chi connectivity index (χ4n) is 2.52. The summed E-state index contributed by atoms with van der Waals surface area (Å²) in [6.07, 6.45) is 0. The molecule has 0 bridgehead atoms. The van der Waals surface area contributed by atoms with Gasteiger partial charge < -0.3 is 28.8 Å². The zero-order valence-electron chi connectivity index (χ0n) is 12.7. The van der Waals surface area contributed by atoms with Crippen LogP contribution in [0.4, 0.5) is 0 Å². The molecule has 0 saturated heterocycles. The maximum Gasteiger partial charge on any atom is 0.208 e. The van der Waals surface area contributed by atoms with Crippen LogP contribution in [0.1, 0.15) is 0 Å². The van der Waals surface area contributed by atoms with Gasteiger partial charge in [0, 0.05) is 6.07 Å². The number of phenolic OH excluding ortho intramolecular Hbond substituents is 2. The number of ether oxygens (including phenoxy) is 3. The Balaban J connectivity index is 2.59. The van der Waals surface area contributed by atoms with E-state index >= 15 is 0 Å². The van der Waals surface area contributed by atoms with E-state index in [2.05, 4.69) is 0 Å². The predicted octanol–water partition coefficient (Wildman–Crippen LogP) is 2.38. The van der Waals surface area contributed by atoms with Crippen molar-refractivity contribution in [1.82, 2.24) is 0 Å². The Hall–Kier alpha value is -3.09. The highest BCUT2D eigenvalue weighted by Gasteiger charge is 2.22. The lowest BCUT2D eigenvalue weighted by Crippen LogP contribution is -2.05. The van der Waals surface area contributed by atoms with Crippen molar-refractivity contribution in [2.45, 2.75) is 0 Å². The van der Waals surface area contributed by atoms with E-state index < -0.39 is 11.2 Å². The molecule has 0 saturated carbocycles. The molecule has 0 fully saturated rings. The van der Waals surface area contributed by atoms with Gasteiger partial charge in [-0.3, -0.25) is 4.79 Å². The van der Waals surface area contributed by atoms with Crippen LogP contribution in [-0.4, -0.2) is 31.5 Å². The van der Waals surface area contributed by atoms with Crippen molar-refractivity contribution >= 4 is 21.9 Å². The van der Waals surface area contributed by atoms with Crippen molar-refractivity contribution in [2.24, 2.45) is 0 Å². The number of rotatable bonds is 3. The highest BCUT2D eigenvalue weighted by atomic mass is 16.5. The zero-order valence-corrected chi connectivity index (χ0v) is 12.7. The standard InChI is InChI=1S/C16H14O7/c1-20-8-5-4-7(17)11-13(18)12-9(23-15(8)11)6-10(21-2)16(22-3)14(12)19/h4-6,17,19H,1-3H3. The first-order chi connectivity index (χ1) is 11.0. The quantitative estimate of drug-likeness (QED) is 0.715. The number of fused-ring (bicyclic) bond motifs is 2. The third-order valence-corrected chi connectivity index (χ3v) is 3.59. The topological polar surface area (TPSA) is 98.4 Å². The summed E-state index contributed by atoms with van der Waals surface area (Å²) in [5.41, 5.74) is -0.436. The van der Waals surface area contributed by atoms with E-state index in [1.165, 1.54) is 39.5 Å². The predicted molar refractivity (Wildman–Crippen MR) is 83.0 cm³/mol. The summed E-state index contributed by atoms with van der Waals surface area (Å²) in [4.78, 5) is 12.7. The van der Waals surface area contributed by atoms with Gasteiger partial charge in [-0.1, -0.05) is 0 Å². The van der Waals surface area contributed by atoms with Gasteiger partial charge in [-0.05, 0) is 12.1 Å². The van der Waals surface area contributed by atoms with Crippen molar-refractivity contribution in [2.75, 3.05) is 21.3 Å². The van der Waals surface area contributed by atoms with Gasteiger partial charge in [0.15, 0.2) is 22.8 Å². The van der Waals surface area contributed by atoms with Gasteiger partial charge in [0.2, 0.25) is 11.2 Å². The lowest BCUT2D eigenvalue weighted by atomic mass is 10.1. The molecule has 0 aliphatic carbocycles. The second-order valence-corrected chi connectivity index (χ2v) is 4.76. The number of phenols is 2. The minimum Gasteiger partial charge on any atom is -0.507 e. The van der Waals surface area contributed by atoms with E-state index in [9.17, 15) is 15.0 Å². The lowest BCUT2D eigenvalue weighted by molar-refractivity contribution is 0.334. The number of hydrogen-bond donors (Lipinski definition) is 2. The van der Waals surface area contributed by atoms with Gasteiger partial charge in [0.25, 0.3) is 0 Å². The molecule has 0 unspecified atom stereocenters. The normalized spacial score (nSPS) is 10.9. The van der Waals surface area contributed by atoms with Crippen molar-refractivity contribution in [3.63, 3.8) is 0 Å². The van der Waals surface area contributed by atoms with Crippen LogP contribution in [0.15, 0.2) is 27.4 Å². The third kappa shape index (κ3) is 2.01. The van der Waals surface area contributed by atoms with Crippen LogP contribution < -0.4 is 19.6 Å². The molecule has 1 heterocycles. The third-order valence-electron chi connectivity index (χ3n) is 3.59. The fourth-order valence-corrected chi connectivity index (χ4v) is 2.52. The molecule has 7 heteroatoms. The molecule has 0 spiro atoms. The molecule has 0 atom stereocenters. The summed E-state index contributed by atoms with van der Waals surface area (Å²) in [6.45, 7) is 0. The Morgan fingerprint density at radius 1 is 0.957 bits per heavy atom. The van der Waals surface area contributed by atoms with Gasteiger partial charge in [-0.2, -0.15) is 0 Å². The first kappa shape index (κ1) is 14.8. The molecule has 120 valence electrons. The van der Waals surface area contributed by atoms with E-state index in [4.69, 9.17) is 18.6 Å². The molecule has 2 N–H and O–H groups in total. The number of methoxy groups -OCH3 is 3. The van der Waals surface area contributed by atoms with Gasteiger partial charge in [0.1, 0.15) is 22.1 Å². The molecule has 3 rings (SSSR count). The zero-order chi connectivity index (χ0) is 16.7. The first-order valence-electron chi connectivity index (χ1n) is 6.63. The summed E-state index contributed by atoms with van der Waals surface area (Å²) >= 11 is 0. The van der Waals surface area contributed by atoms with Crippen molar-refractivity contribution in [3.05, 3.63) is 28.4 Å². The monoisotopic (exact) mass is 318 g/mol. The Morgan fingerprint density at radius 3 is 2.26 bits per heavy atom. The maximum atomic E-state index is 12.7. The van der Waals surface area contributed by atoms with E-state index in [1.807, 2.05) is 0 Å². The van der Waals surface area contributed by atoms with Crippen LogP contribution in [0.25, 0.3) is 21.9 Å². The average molecular weight is 318 g/mol. The van der Waals surface area contributed by atoms with E-state index in [1.54, 1.807) is 0 Å². The van der Waals surface area contributed by atoms with E-state index in [0.29, 0.717) is 0 Å². The van der Waals surface area contributed by atoms with Crippen LogP contribution in [0, 0.1) is 0 Å². The smallest absolute Gasteiger partial charge is 0.208 e. The Morgan fingerprint density at radius 2 is 1.65 bits per heavy atom. The van der Waals surface area contributed by atoms with Crippen LogP contribution in [0.2, 0.25) is 0 Å². The Kier molecular flexibility index (Phi) is 3.40. The molecular weight excluding hydrogens is 304 g/mol. The molecule has 0 amide bonds. The molecule has 0 radical (unpaired) electrons. The van der Waals surface area contributed by atoms with Crippen LogP contribution >= 0.6 is 0 Å². The van der Waals surface area contributed by atoms with Gasteiger partial charge >= 0.3 is 0 Å². The number of benzene rings is 2. The molecule has 2 aromatic carbocycles. The lowest BCUT2D eigenvalue weighted by Gasteiger charge is -2.12. The molecule has 0 aliphatic rings. The second kappa shape index (κ2) is 5.28. The van der Waals surface area contributed by atoms with E-state index in [-0.39, 0.29) is 44.9 Å². The van der Waals surface area contributed by atoms with Crippen molar-refractivity contribution < 1.29 is 28.8 Å². The van der Waals surface area contributed by atoms with Crippen molar-refractivity contribution in [1.29, 1.82) is 0 Å². The molecule has 0 aliphatic heterocycles. The maximum absolute atomic E-state index is 12.7. The van der Waals surface area contributed by atoms with Crippen molar-refractivity contribution in [3.8, 4) is 28.7 Å². The molecule has 23 heavy (non-hydrogen) atoms. The fraction of sp³-hybridized carbons (Fsp3) is 0.188. The Labute approximate surface area is 130 Å². The van der Waals surface area contributed by atoms with Gasteiger partial charge in [-0.25, -0.2) is 0 Å². The highest BCUT2D eigenvalue weighted by Crippen LogP contribution is 2.43. The Bertz CT molecular complexity index is 972. The first-order valence-corrected chi connectivity index (χ1v) is 6.63. The largest absolute Gasteiger partial charge is 0.507 e. The summed E-state index contributed by atoms with van der Waals surface area (Å²) < 4.78 is 21.0. The molecule has 7 nitrogen and oxygen atoms in total. The van der Waals surface area contributed by atoms with Gasteiger partial charge in [0.05, 0.1) is 21.3 Å². The molecule has 1 aromatic heterocycles.